The van der Waals surface area contributed by atoms with Crippen molar-refractivity contribution in [3.05, 3.63) is 0 Å². The van der Waals surface area contributed by atoms with Gasteiger partial charge in [-0.25, -0.2) is 0 Å². The molecule has 0 bridgehead atoms. The van der Waals surface area contributed by atoms with Gasteiger partial charge >= 0.3 is 0 Å². The minimum atomic E-state index is -0.00427. The second-order valence-corrected chi connectivity index (χ2v) is 11.8. The summed E-state index contributed by atoms with van der Waals surface area (Å²) < 4.78 is 6.83. The highest BCUT2D eigenvalue weighted by Crippen LogP contribution is 2.67. The molecular formula is C26H44O. The largest absolute Gasteiger partial charge is 0.372 e. The summed E-state index contributed by atoms with van der Waals surface area (Å²) in [6.45, 7) is 14.7. The molecule has 0 aliphatic heterocycles. The van der Waals surface area contributed by atoms with Crippen LogP contribution in [0.3, 0.4) is 0 Å². The summed E-state index contributed by atoms with van der Waals surface area (Å²) in [5.74, 6) is 4.47. The van der Waals surface area contributed by atoms with Crippen molar-refractivity contribution < 1.29 is 4.74 Å². The molecule has 27 heavy (non-hydrogen) atoms. The van der Waals surface area contributed by atoms with Crippen LogP contribution in [0.2, 0.25) is 0 Å². The molecule has 8 atom stereocenters. The normalized spacial score (nSPS) is 49.2. The molecule has 154 valence electrons. The van der Waals surface area contributed by atoms with Crippen LogP contribution in [-0.2, 0) is 4.74 Å². The van der Waals surface area contributed by atoms with Crippen molar-refractivity contribution in [3.63, 3.8) is 0 Å². The number of terminal acetylenes is 1. The number of hydrogen-bond donors (Lipinski definition) is 0. The van der Waals surface area contributed by atoms with Crippen molar-refractivity contribution in [2.24, 2.45) is 40.4 Å². The third kappa shape index (κ3) is 3.50. The molecule has 4 unspecified atom stereocenters. The summed E-state index contributed by atoms with van der Waals surface area (Å²) in [4.78, 5) is 0. The smallest absolute Gasteiger partial charge is 0.0618 e. The summed E-state index contributed by atoms with van der Waals surface area (Å²) in [7, 11) is 0. The Labute approximate surface area is 169 Å². The Kier molecular flexibility index (Phi) is 5.82. The lowest BCUT2D eigenvalue weighted by molar-refractivity contribution is -0.204. The molecule has 0 saturated heterocycles. The minimum Gasteiger partial charge on any atom is -0.372 e. The first kappa shape index (κ1) is 21.2. The summed E-state index contributed by atoms with van der Waals surface area (Å²) in [5, 5.41) is 0. The number of ether oxygens (including phenoxy) is 1. The average molecular weight is 373 g/mol. The van der Waals surface area contributed by atoms with Gasteiger partial charge in [-0.2, -0.15) is 0 Å². The standard InChI is InChI=1S/C24H42O.C2H2/c1-16-10-11-18-21-19(12-14-23(16,18)5)24(6)13-8-7-9-17(24)15-20(21)25-22(2,3)4;1-2/h16-21H,7-15H2,1-6H3;1-2H/t16-,17?,18?,19?,20-,21?,23+,24-;/m0./s1. The van der Waals surface area contributed by atoms with Gasteiger partial charge in [0, 0.05) is 0 Å². The van der Waals surface area contributed by atoms with Crippen molar-refractivity contribution in [1.82, 2.24) is 0 Å². The monoisotopic (exact) mass is 372 g/mol. The molecule has 0 radical (unpaired) electrons. The zero-order valence-electron chi connectivity index (χ0n) is 18.9. The fourth-order valence-corrected chi connectivity index (χ4v) is 8.07. The maximum Gasteiger partial charge on any atom is 0.0618 e. The fraction of sp³-hybridized carbons (Fsp3) is 0.923. The highest BCUT2D eigenvalue weighted by Gasteiger charge is 2.62. The Balaban J connectivity index is 0.00000102. The lowest BCUT2D eigenvalue weighted by Crippen LogP contribution is -2.58. The van der Waals surface area contributed by atoms with Gasteiger partial charge in [-0.15, -0.1) is 12.8 Å². The molecule has 4 rings (SSSR count). The van der Waals surface area contributed by atoms with Crippen LogP contribution in [0.1, 0.15) is 99.3 Å². The van der Waals surface area contributed by atoms with Crippen LogP contribution in [0, 0.1) is 53.3 Å². The first-order valence-electron chi connectivity index (χ1n) is 11.7. The van der Waals surface area contributed by atoms with Crippen molar-refractivity contribution >= 4 is 0 Å². The Morgan fingerprint density at radius 1 is 0.852 bits per heavy atom. The van der Waals surface area contributed by atoms with Crippen LogP contribution in [0.4, 0.5) is 0 Å². The van der Waals surface area contributed by atoms with E-state index >= 15 is 0 Å². The van der Waals surface area contributed by atoms with Gasteiger partial charge < -0.3 is 4.74 Å². The van der Waals surface area contributed by atoms with Gasteiger partial charge in [0.2, 0.25) is 0 Å². The first-order valence-corrected chi connectivity index (χ1v) is 11.7. The Morgan fingerprint density at radius 2 is 1.52 bits per heavy atom. The molecule has 4 aliphatic carbocycles. The van der Waals surface area contributed by atoms with Gasteiger partial charge in [-0.05, 0) is 106 Å². The Hall–Kier alpha value is -0.480. The molecule has 0 aromatic rings. The van der Waals surface area contributed by atoms with Gasteiger partial charge in [0.05, 0.1) is 11.7 Å². The zero-order chi connectivity index (χ0) is 20.0. The van der Waals surface area contributed by atoms with Crippen LogP contribution in [0.25, 0.3) is 0 Å². The van der Waals surface area contributed by atoms with Gasteiger partial charge in [0.25, 0.3) is 0 Å². The zero-order valence-corrected chi connectivity index (χ0v) is 18.9. The molecule has 0 aromatic heterocycles. The second-order valence-electron chi connectivity index (χ2n) is 11.8. The van der Waals surface area contributed by atoms with Gasteiger partial charge in [-0.3, -0.25) is 0 Å². The molecule has 1 heteroatoms. The van der Waals surface area contributed by atoms with E-state index in [4.69, 9.17) is 4.74 Å². The predicted octanol–water partition coefficient (Wildman–Crippen LogP) is 7.10. The van der Waals surface area contributed by atoms with Crippen molar-refractivity contribution in [2.45, 2.75) is 111 Å². The molecule has 0 spiro atoms. The Bertz CT molecular complexity index is 542. The topological polar surface area (TPSA) is 9.23 Å². The van der Waals surface area contributed by atoms with E-state index in [1.54, 1.807) is 0 Å². The fourth-order valence-electron chi connectivity index (χ4n) is 8.07. The van der Waals surface area contributed by atoms with Crippen LogP contribution in [0.5, 0.6) is 0 Å². The second kappa shape index (κ2) is 7.40. The van der Waals surface area contributed by atoms with Gasteiger partial charge in [-0.1, -0.05) is 33.6 Å². The van der Waals surface area contributed by atoms with Crippen LogP contribution in [0.15, 0.2) is 0 Å². The van der Waals surface area contributed by atoms with Gasteiger partial charge in [0.1, 0.15) is 0 Å². The van der Waals surface area contributed by atoms with E-state index in [-0.39, 0.29) is 5.60 Å². The maximum absolute atomic E-state index is 6.83. The van der Waals surface area contributed by atoms with Gasteiger partial charge in [0.15, 0.2) is 0 Å². The van der Waals surface area contributed by atoms with Crippen LogP contribution in [-0.4, -0.2) is 11.7 Å². The summed E-state index contributed by atoms with van der Waals surface area (Å²) in [6.07, 6.45) is 21.6. The quantitative estimate of drug-likeness (QED) is 0.446. The lowest BCUT2D eigenvalue weighted by atomic mass is 9.44. The summed E-state index contributed by atoms with van der Waals surface area (Å²) >= 11 is 0. The minimum absolute atomic E-state index is 0.00427. The summed E-state index contributed by atoms with van der Waals surface area (Å²) in [5.41, 5.74) is 1.18. The van der Waals surface area contributed by atoms with Crippen LogP contribution < -0.4 is 0 Å². The molecule has 0 N–H and O–H groups in total. The highest BCUT2D eigenvalue weighted by molar-refractivity contribution is 5.10. The number of fused-ring (bicyclic) bond motifs is 5. The highest BCUT2D eigenvalue weighted by atomic mass is 16.5. The van der Waals surface area contributed by atoms with Crippen molar-refractivity contribution in [1.29, 1.82) is 0 Å². The molecule has 1 nitrogen and oxygen atoms in total. The summed E-state index contributed by atoms with van der Waals surface area (Å²) in [6, 6.07) is 0. The molecule has 4 aliphatic rings. The average Bonchev–Trinajstić information content (AvgIpc) is 2.91. The molecule has 0 aromatic carbocycles. The van der Waals surface area contributed by atoms with Crippen molar-refractivity contribution in [3.8, 4) is 12.8 Å². The van der Waals surface area contributed by atoms with E-state index in [0.717, 1.165) is 29.6 Å². The molecule has 0 amide bonds. The lowest BCUT2D eigenvalue weighted by Gasteiger charge is -2.63. The van der Waals surface area contributed by atoms with E-state index in [1.807, 2.05) is 0 Å². The molecule has 4 saturated carbocycles. The molecule has 4 fully saturated rings. The molecular weight excluding hydrogens is 328 g/mol. The van der Waals surface area contributed by atoms with Crippen LogP contribution >= 0.6 is 0 Å². The molecule has 0 heterocycles. The Morgan fingerprint density at radius 3 is 2.19 bits per heavy atom. The third-order valence-electron chi connectivity index (χ3n) is 9.56. The van der Waals surface area contributed by atoms with E-state index < -0.39 is 0 Å². The van der Waals surface area contributed by atoms with E-state index in [2.05, 4.69) is 54.4 Å². The number of hydrogen-bond acceptors (Lipinski definition) is 1. The van der Waals surface area contributed by atoms with E-state index in [1.165, 1.54) is 57.8 Å². The SMILES string of the molecule is C#C.C[C@H]1CCC2C3C(CC[C@@]21C)[C@@]1(C)CCCCC1C[C@@H]3OC(C)(C)C. The van der Waals surface area contributed by atoms with E-state index in [0.29, 0.717) is 16.9 Å². The maximum atomic E-state index is 6.83. The number of rotatable bonds is 1. The first-order chi connectivity index (χ1) is 12.7. The third-order valence-corrected chi connectivity index (χ3v) is 9.56. The predicted molar refractivity (Wildman–Crippen MR) is 115 cm³/mol. The van der Waals surface area contributed by atoms with Crippen molar-refractivity contribution in [2.75, 3.05) is 0 Å². The van der Waals surface area contributed by atoms with E-state index in [9.17, 15) is 0 Å².